The van der Waals surface area contributed by atoms with Crippen LogP contribution in [0, 0.1) is 0 Å². The quantitative estimate of drug-likeness (QED) is 0.722. The van der Waals surface area contributed by atoms with E-state index in [1.165, 1.54) is 0 Å². The number of hydrogen-bond acceptors (Lipinski definition) is 3. The van der Waals surface area contributed by atoms with E-state index in [9.17, 15) is 4.79 Å². The number of fused-ring (bicyclic) bond motifs is 1. The summed E-state index contributed by atoms with van der Waals surface area (Å²) < 4.78 is 1.80. The van der Waals surface area contributed by atoms with E-state index in [0.29, 0.717) is 6.54 Å². The highest BCUT2D eigenvalue weighted by atomic mass is 16.2. The summed E-state index contributed by atoms with van der Waals surface area (Å²) in [6, 6.07) is 1.88. The number of aromatic nitrogens is 2. The van der Waals surface area contributed by atoms with Crippen LogP contribution in [0.25, 0.3) is 0 Å². The van der Waals surface area contributed by atoms with Gasteiger partial charge < -0.3 is 10.6 Å². The molecule has 0 spiro atoms. The third kappa shape index (κ3) is 2.02. The molecule has 0 radical (unpaired) electrons. The lowest BCUT2D eigenvalue weighted by Gasteiger charge is -2.25. The Morgan fingerprint density at radius 2 is 2.53 bits per heavy atom. The molecule has 1 aliphatic rings. The molecular weight excluding hydrogens is 192 g/mol. The van der Waals surface area contributed by atoms with E-state index in [-0.39, 0.29) is 18.0 Å². The summed E-state index contributed by atoms with van der Waals surface area (Å²) in [5.74, 6) is 0.0298. The Balaban J connectivity index is 2.15. The maximum Gasteiger partial charge on any atom is 0.246 e. The third-order valence-electron chi connectivity index (χ3n) is 2.42. The fraction of sp³-hybridized carbons (Fsp3) is 0.600. The Morgan fingerprint density at radius 3 is 3.27 bits per heavy atom. The lowest BCUT2D eigenvalue weighted by molar-refractivity contribution is -0.125. The molecule has 1 atom stereocenters. The fourth-order valence-electron chi connectivity index (χ4n) is 1.77. The Morgan fingerprint density at radius 1 is 1.73 bits per heavy atom. The van der Waals surface area contributed by atoms with Crippen molar-refractivity contribution >= 4 is 5.91 Å². The van der Waals surface area contributed by atoms with E-state index in [2.05, 4.69) is 15.7 Å². The number of rotatable bonds is 2. The van der Waals surface area contributed by atoms with Gasteiger partial charge in [0, 0.05) is 25.3 Å². The highest BCUT2D eigenvalue weighted by Crippen LogP contribution is 2.13. The molecule has 2 N–H and O–H groups in total. The highest BCUT2D eigenvalue weighted by molar-refractivity contribution is 5.80. The first-order valence-corrected chi connectivity index (χ1v) is 5.22. The van der Waals surface area contributed by atoms with Crippen molar-refractivity contribution in [2.75, 3.05) is 6.54 Å². The van der Waals surface area contributed by atoms with E-state index in [0.717, 1.165) is 12.2 Å². The molecule has 0 bridgehead atoms. The van der Waals surface area contributed by atoms with Gasteiger partial charge in [0.25, 0.3) is 0 Å². The molecule has 1 aromatic rings. The van der Waals surface area contributed by atoms with E-state index in [1.54, 1.807) is 10.9 Å². The van der Waals surface area contributed by atoms with Crippen LogP contribution in [0.15, 0.2) is 12.3 Å². The molecule has 1 amide bonds. The summed E-state index contributed by atoms with van der Waals surface area (Å²) in [4.78, 5) is 11.9. The van der Waals surface area contributed by atoms with Crippen LogP contribution < -0.4 is 10.6 Å². The zero-order valence-electron chi connectivity index (χ0n) is 9.03. The van der Waals surface area contributed by atoms with Crippen molar-refractivity contribution in [2.45, 2.75) is 32.5 Å². The average Bonchev–Trinajstić information content (AvgIpc) is 2.63. The van der Waals surface area contributed by atoms with Crippen LogP contribution in [-0.2, 0) is 11.3 Å². The van der Waals surface area contributed by atoms with E-state index in [1.807, 2.05) is 19.9 Å². The second-order valence-corrected chi connectivity index (χ2v) is 4.08. The Kier molecular flexibility index (Phi) is 2.73. The van der Waals surface area contributed by atoms with Crippen molar-refractivity contribution in [3.05, 3.63) is 18.0 Å². The number of amides is 1. The van der Waals surface area contributed by atoms with E-state index in [4.69, 9.17) is 0 Å². The molecule has 82 valence electrons. The molecule has 2 heterocycles. The SMILES string of the molecule is CC(C)NC(=O)[C@@H]1CNCc2ccnn21. The molecule has 15 heavy (non-hydrogen) atoms. The van der Waals surface area contributed by atoms with Gasteiger partial charge in [0.2, 0.25) is 5.91 Å². The zero-order valence-corrected chi connectivity index (χ0v) is 9.03. The van der Waals surface area contributed by atoms with Crippen molar-refractivity contribution < 1.29 is 4.79 Å². The lowest BCUT2D eigenvalue weighted by atomic mass is 10.2. The first kappa shape index (κ1) is 10.2. The van der Waals surface area contributed by atoms with Gasteiger partial charge in [-0.2, -0.15) is 5.10 Å². The molecule has 5 heteroatoms. The largest absolute Gasteiger partial charge is 0.352 e. The summed E-state index contributed by atoms with van der Waals surface area (Å²) in [5.41, 5.74) is 1.06. The predicted molar refractivity (Wildman–Crippen MR) is 56.2 cm³/mol. The summed E-state index contributed by atoms with van der Waals surface area (Å²) in [5, 5.41) is 10.3. The minimum absolute atomic E-state index is 0.0298. The monoisotopic (exact) mass is 208 g/mol. The third-order valence-corrected chi connectivity index (χ3v) is 2.42. The van der Waals surface area contributed by atoms with Gasteiger partial charge in [0.05, 0.1) is 5.69 Å². The topological polar surface area (TPSA) is 59.0 Å². The van der Waals surface area contributed by atoms with Crippen LogP contribution in [0.4, 0.5) is 0 Å². The van der Waals surface area contributed by atoms with Gasteiger partial charge in [-0.3, -0.25) is 9.48 Å². The predicted octanol–water partition coefficient (Wildman–Crippen LogP) is 0.0520. The lowest BCUT2D eigenvalue weighted by Crippen LogP contribution is -2.44. The summed E-state index contributed by atoms with van der Waals surface area (Å²) in [7, 11) is 0. The molecule has 5 nitrogen and oxygen atoms in total. The summed E-state index contributed by atoms with van der Waals surface area (Å²) in [6.45, 7) is 5.34. The summed E-state index contributed by atoms with van der Waals surface area (Å²) in [6.07, 6.45) is 1.73. The molecule has 0 aliphatic carbocycles. The Labute approximate surface area is 88.8 Å². The van der Waals surface area contributed by atoms with Gasteiger partial charge in [0.1, 0.15) is 6.04 Å². The van der Waals surface area contributed by atoms with Gasteiger partial charge >= 0.3 is 0 Å². The van der Waals surface area contributed by atoms with Gasteiger partial charge in [0.15, 0.2) is 0 Å². The van der Waals surface area contributed by atoms with Gasteiger partial charge in [-0.25, -0.2) is 0 Å². The summed E-state index contributed by atoms with van der Waals surface area (Å²) >= 11 is 0. The molecular formula is C10H16N4O. The van der Waals surface area contributed by atoms with Crippen LogP contribution >= 0.6 is 0 Å². The van der Waals surface area contributed by atoms with Crippen LogP contribution in [-0.4, -0.2) is 28.3 Å². The first-order valence-electron chi connectivity index (χ1n) is 5.22. The Hall–Kier alpha value is -1.36. The second-order valence-electron chi connectivity index (χ2n) is 4.08. The van der Waals surface area contributed by atoms with E-state index < -0.39 is 0 Å². The van der Waals surface area contributed by atoms with Crippen molar-refractivity contribution in [1.82, 2.24) is 20.4 Å². The normalized spacial score (nSPS) is 20.1. The maximum absolute atomic E-state index is 11.9. The van der Waals surface area contributed by atoms with Crippen molar-refractivity contribution in [3.8, 4) is 0 Å². The van der Waals surface area contributed by atoms with Gasteiger partial charge in [-0.15, -0.1) is 0 Å². The molecule has 2 rings (SSSR count). The number of nitrogens with one attached hydrogen (secondary N) is 2. The highest BCUT2D eigenvalue weighted by Gasteiger charge is 2.26. The number of carbonyl (C=O) groups excluding carboxylic acids is 1. The van der Waals surface area contributed by atoms with Crippen molar-refractivity contribution in [1.29, 1.82) is 0 Å². The second kappa shape index (κ2) is 4.02. The van der Waals surface area contributed by atoms with Crippen LogP contribution in [0.1, 0.15) is 25.6 Å². The van der Waals surface area contributed by atoms with E-state index >= 15 is 0 Å². The van der Waals surface area contributed by atoms with Crippen LogP contribution in [0.5, 0.6) is 0 Å². The average molecular weight is 208 g/mol. The molecule has 1 aromatic heterocycles. The Bertz CT molecular complexity index is 358. The molecule has 0 unspecified atom stereocenters. The van der Waals surface area contributed by atoms with Crippen molar-refractivity contribution in [2.24, 2.45) is 0 Å². The molecule has 0 fully saturated rings. The van der Waals surface area contributed by atoms with Gasteiger partial charge in [-0.05, 0) is 19.9 Å². The molecule has 0 saturated heterocycles. The zero-order chi connectivity index (χ0) is 10.8. The van der Waals surface area contributed by atoms with Gasteiger partial charge in [-0.1, -0.05) is 0 Å². The standard InChI is InChI=1S/C10H16N4O/c1-7(2)13-10(15)9-6-11-5-8-3-4-12-14(8)9/h3-4,7,9,11H,5-6H2,1-2H3,(H,13,15)/t9-/m0/s1. The number of hydrogen-bond donors (Lipinski definition) is 2. The number of carbonyl (C=O) groups is 1. The van der Waals surface area contributed by atoms with Crippen molar-refractivity contribution in [3.63, 3.8) is 0 Å². The smallest absolute Gasteiger partial charge is 0.246 e. The van der Waals surface area contributed by atoms with Crippen LogP contribution in [0.2, 0.25) is 0 Å². The molecule has 1 aliphatic heterocycles. The van der Waals surface area contributed by atoms with Crippen LogP contribution in [0.3, 0.4) is 0 Å². The number of nitrogens with zero attached hydrogens (tertiary/aromatic N) is 2. The fourth-order valence-corrected chi connectivity index (χ4v) is 1.77. The minimum atomic E-state index is -0.217. The molecule has 0 aromatic carbocycles. The minimum Gasteiger partial charge on any atom is -0.352 e. The first-order chi connectivity index (χ1) is 7.18. The maximum atomic E-state index is 11.9. The molecule has 0 saturated carbocycles.